The van der Waals surface area contributed by atoms with E-state index in [1.54, 1.807) is 25.5 Å². The minimum Gasteiger partial charge on any atom is -0.497 e. The lowest BCUT2D eigenvalue weighted by atomic mass is 10.1. The summed E-state index contributed by atoms with van der Waals surface area (Å²) in [5.41, 5.74) is 1.19. The number of nitrogens with zero attached hydrogens (tertiary/aromatic N) is 1. The zero-order valence-electron chi connectivity index (χ0n) is 13.3. The van der Waals surface area contributed by atoms with E-state index >= 15 is 0 Å². The fourth-order valence-electron chi connectivity index (χ4n) is 2.07. The van der Waals surface area contributed by atoms with Crippen LogP contribution in [0.2, 0.25) is 0 Å². The summed E-state index contributed by atoms with van der Waals surface area (Å²) in [5, 5.41) is 8.81. The number of nitrogens with one attached hydrogen (secondary N) is 2. The molecule has 1 aromatic heterocycles. The number of benzene rings is 1. The fourth-order valence-corrected chi connectivity index (χ4v) is 2.86. The molecule has 0 radical (unpaired) electrons. The van der Waals surface area contributed by atoms with Gasteiger partial charge in [0.05, 0.1) is 7.11 Å². The van der Waals surface area contributed by atoms with Crippen LogP contribution >= 0.6 is 11.3 Å². The first-order chi connectivity index (χ1) is 10.7. The van der Waals surface area contributed by atoms with Crippen LogP contribution in [-0.4, -0.2) is 26.7 Å². The van der Waals surface area contributed by atoms with E-state index in [0.717, 1.165) is 24.8 Å². The number of aliphatic imine (C=N–C) groups is 1. The van der Waals surface area contributed by atoms with Crippen LogP contribution in [0.3, 0.4) is 0 Å². The highest BCUT2D eigenvalue weighted by molar-refractivity contribution is 7.10. The Bertz CT molecular complexity index is 578. The van der Waals surface area contributed by atoms with Gasteiger partial charge in [-0.25, -0.2) is 0 Å². The van der Waals surface area contributed by atoms with Crippen molar-refractivity contribution in [3.63, 3.8) is 0 Å². The van der Waals surface area contributed by atoms with Crippen molar-refractivity contribution < 1.29 is 4.74 Å². The predicted molar refractivity (Wildman–Crippen MR) is 93.9 cm³/mol. The van der Waals surface area contributed by atoms with E-state index in [-0.39, 0.29) is 0 Å². The summed E-state index contributed by atoms with van der Waals surface area (Å²) in [4.78, 5) is 5.65. The zero-order valence-corrected chi connectivity index (χ0v) is 14.1. The van der Waals surface area contributed by atoms with Gasteiger partial charge in [0.25, 0.3) is 0 Å². The molecule has 0 bridgehead atoms. The van der Waals surface area contributed by atoms with E-state index in [0.29, 0.717) is 5.92 Å². The number of methoxy groups -OCH3 is 1. The Labute approximate surface area is 136 Å². The van der Waals surface area contributed by atoms with Crippen LogP contribution < -0.4 is 15.4 Å². The molecule has 0 amide bonds. The van der Waals surface area contributed by atoms with Crippen molar-refractivity contribution in [2.45, 2.75) is 19.4 Å². The summed E-state index contributed by atoms with van der Waals surface area (Å²) in [6.45, 7) is 3.81. The minimum atomic E-state index is 0.472. The van der Waals surface area contributed by atoms with Crippen LogP contribution in [0.1, 0.15) is 23.3 Å². The number of ether oxygens (including phenoxy) is 1. The van der Waals surface area contributed by atoms with Crippen molar-refractivity contribution in [2.75, 3.05) is 20.7 Å². The molecule has 2 aromatic rings. The van der Waals surface area contributed by atoms with Gasteiger partial charge in [-0.3, -0.25) is 4.99 Å². The summed E-state index contributed by atoms with van der Waals surface area (Å²) in [7, 11) is 3.47. The number of hydrogen-bond acceptors (Lipinski definition) is 3. The Kier molecular flexibility index (Phi) is 6.27. The number of rotatable bonds is 6. The Balaban J connectivity index is 1.79. The molecule has 5 heteroatoms. The average Bonchev–Trinajstić information content (AvgIpc) is 3.10. The van der Waals surface area contributed by atoms with Crippen LogP contribution in [0.15, 0.2) is 46.8 Å². The molecule has 1 aromatic carbocycles. The molecular formula is C17H23N3OS. The molecule has 0 aliphatic heterocycles. The van der Waals surface area contributed by atoms with Gasteiger partial charge in [-0.05, 0) is 29.1 Å². The van der Waals surface area contributed by atoms with Gasteiger partial charge in [-0.15, -0.1) is 11.3 Å². The van der Waals surface area contributed by atoms with E-state index in [9.17, 15) is 0 Å². The van der Waals surface area contributed by atoms with Crippen LogP contribution in [-0.2, 0) is 6.54 Å². The summed E-state index contributed by atoms with van der Waals surface area (Å²) >= 11 is 1.79. The minimum absolute atomic E-state index is 0.472. The third kappa shape index (κ3) is 4.77. The van der Waals surface area contributed by atoms with E-state index in [1.165, 1.54) is 10.4 Å². The summed E-state index contributed by atoms with van der Waals surface area (Å²) in [5.74, 6) is 2.16. The third-order valence-corrected chi connectivity index (χ3v) is 4.55. The van der Waals surface area contributed by atoms with Gasteiger partial charge in [-0.1, -0.05) is 25.1 Å². The third-order valence-electron chi connectivity index (χ3n) is 3.45. The van der Waals surface area contributed by atoms with Crippen molar-refractivity contribution in [2.24, 2.45) is 4.99 Å². The lowest BCUT2D eigenvalue weighted by molar-refractivity contribution is 0.414. The molecule has 0 fully saturated rings. The van der Waals surface area contributed by atoms with Gasteiger partial charge in [0.2, 0.25) is 0 Å². The van der Waals surface area contributed by atoms with Gasteiger partial charge in [0.1, 0.15) is 5.75 Å². The number of hydrogen-bond donors (Lipinski definition) is 2. The first kappa shape index (κ1) is 16.4. The van der Waals surface area contributed by atoms with Crippen molar-refractivity contribution in [1.82, 2.24) is 10.6 Å². The Morgan fingerprint density at radius 1 is 1.23 bits per heavy atom. The van der Waals surface area contributed by atoms with Crippen molar-refractivity contribution >= 4 is 17.3 Å². The highest BCUT2D eigenvalue weighted by atomic mass is 32.1. The van der Waals surface area contributed by atoms with Gasteiger partial charge in [-0.2, -0.15) is 0 Å². The Morgan fingerprint density at radius 2 is 2.00 bits per heavy atom. The van der Waals surface area contributed by atoms with Gasteiger partial charge in [0.15, 0.2) is 5.96 Å². The smallest absolute Gasteiger partial charge is 0.191 e. The maximum atomic E-state index is 5.16. The van der Waals surface area contributed by atoms with Gasteiger partial charge < -0.3 is 15.4 Å². The molecular weight excluding hydrogens is 294 g/mol. The van der Waals surface area contributed by atoms with Crippen molar-refractivity contribution in [3.05, 3.63) is 52.2 Å². The first-order valence-corrected chi connectivity index (χ1v) is 8.21. The largest absolute Gasteiger partial charge is 0.497 e. The highest BCUT2D eigenvalue weighted by Crippen LogP contribution is 2.19. The molecule has 0 saturated heterocycles. The molecule has 0 saturated carbocycles. The summed E-state index contributed by atoms with van der Waals surface area (Å²) < 4.78 is 5.16. The molecule has 118 valence electrons. The van der Waals surface area contributed by atoms with Gasteiger partial charge >= 0.3 is 0 Å². The first-order valence-electron chi connectivity index (χ1n) is 7.33. The van der Waals surface area contributed by atoms with Crippen LogP contribution in [0, 0.1) is 0 Å². The fraction of sp³-hybridized carbons (Fsp3) is 0.353. The maximum absolute atomic E-state index is 5.16. The molecule has 0 spiro atoms. The van der Waals surface area contributed by atoms with E-state index < -0.39 is 0 Å². The molecule has 0 aliphatic rings. The Hall–Kier alpha value is -2.01. The number of guanidine groups is 1. The monoisotopic (exact) mass is 317 g/mol. The van der Waals surface area contributed by atoms with E-state index in [1.807, 2.05) is 24.3 Å². The second kappa shape index (κ2) is 8.44. The van der Waals surface area contributed by atoms with Crippen LogP contribution in [0.5, 0.6) is 5.75 Å². The van der Waals surface area contributed by atoms with Crippen LogP contribution in [0.25, 0.3) is 0 Å². The Morgan fingerprint density at radius 3 is 2.59 bits per heavy atom. The van der Waals surface area contributed by atoms with Crippen molar-refractivity contribution in [3.8, 4) is 5.75 Å². The molecule has 1 unspecified atom stereocenters. The molecule has 0 aliphatic carbocycles. The van der Waals surface area contributed by atoms with Crippen LogP contribution in [0.4, 0.5) is 0 Å². The molecule has 2 rings (SSSR count). The standard InChI is InChI=1S/C17H23N3OS/c1-13(16-5-4-10-22-16)11-19-17(18-2)20-12-14-6-8-15(21-3)9-7-14/h4-10,13H,11-12H2,1-3H3,(H2,18,19,20). The SMILES string of the molecule is CN=C(NCc1ccc(OC)cc1)NCC(C)c1cccs1. The second-order valence-corrected chi connectivity index (χ2v) is 6.05. The lowest BCUT2D eigenvalue weighted by Gasteiger charge is -2.15. The summed E-state index contributed by atoms with van der Waals surface area (Å²) in [6.07, 6.45) is 0. The predicted octanol–water partition coefficient (Wildman–Crippen LogP) is 3.23. The average molecular weight is 317 g/mol. The second-order valence-electron chi connectivity index (χ2n) is 5.07. The van der Waals surface area contributed by atoms with Crippen molar-refractivity contribution in [1.29, 1.82) is 0 Å². The topological polar surface area (TPSA) is 45.7 Å². The van der Waals surface area contributed by atoms with E-state index in [4.69, 9.17) is 4.74 Å². The van der Waals surface area contributed by atoms with Gasteiger partial charge in [0, 0.05) is 30.9 Å². The van der Waals surface area contributed by atoms with E-state index in [2.05, 4.69) is 40.1 Å². The molecule has 1 heterocycles. The molecule has 1 atom stereocenters. The molecule has 22 heavy (non-hydrogen) atoms. The number of thiophene rings is 1. The zero-order chi connectivity index (χ0) is 15.8. The molecule has 2 N–H and O–H groups in total. The lowest BCUT2D eigenvalue weighted by Crippen LogP contribution is -2.38. The highest BCUT2D eigenvalue weighted by Gasteiger charge is 2.07. The maximum Gasteiger partial charge on any atom is 0.191 e. The normalized spacial score (nSPS) is 12.8. The summed E-state index contributed by atoms with van der Waals surface area (Å²) in [6, 6.07) is 12.3. The quantitative estimate of drug-likeness (QED) is 0.635. The molecule has 4 nitrogen and oxygen atoms in total.